The summed E-state index contributed by atoms with van der Waals surface area (Å²) in [5, 5.41) is 6.10. The summed E-state index contributed by atoms with van der Waals surface area (Å²) in [6.07, 6.45) is 2.49. The first-order chi connectivity index (χ1) is 10.7. The van der Waals surface area contributed by atoms with Crippen LogP contribution in [0.3, 0.4) is 0 Å². The van der Waals surface area contributed by atoms with Gasteiger partial charge in [0, 0.05) is 17.5 Å². The number of Topliss-reactive ketones (excluding diaryl/α,β-unsaturated/α-hetero) is 1. The van der Waals surface area contributed by atoms with E-state index in [0.717, 1.165) is 40.0 Å². The SMILES string of the molecule is Cc1ccsc1-c1noc(-c2ccc3c(c2)CCCC3=O)n1. The Hall–Kier alpha value is -2.27. The van der Waals surface area contributed by atoms with Crippen molar-refractivity contribution in [2.45, 2.75) is 26.2 Å². The van der Waals surface area contributed by atoms with Crippen LogP contribution in [0.25, 0.3) is 22.2 Å². The fraction of sp³-hybridized carbons (Fsp3) is 0.235. The number of hydrogen-bond acceptors (Lipinski definition) is 5. The zero-order chi connectivity index (χ0) is 15.1. The molecule has 5 heteroatoms. The fourth-order valence-corrected chi connectivity index (χ4v) is 3.66. The maximum absolute atomic E-state index is 11.9. The first kappa shape index (κ1) is 13.4. The first-order valence-electron chi connectivity index (χ1n) is 7.27. The van der Waals surface area contributed by atoms with Crippen LogP contribution < -0.4 is 0 Å². The van der Waals surface area contributed by atoms with Crippen LogP contribution in [0.4, 0.5) is 0 Å². The third-order valence-corrected chi connectivity index (χ3v) is 5.01. The molecule has 0 fully saturated rings. The zero-order valence-corrected chi connectivity index (χ0v) is 12.9. The molecule has 22 heavy (non-hydrogen) atoms. The van der Waals surface area contributed by atoms with Crippen LogP contribution in [0, 0.1) is 6.92 Å². The maximum Gasteiger partial charge on any atom is 0.258 e. The predicted molar refractivity (Wildman–Crippen MR) is 85.1 cm³/mol. The Kier molecular flexibility index (Phi) is 3.15. The highest BCUT2D eigenvalue weighted by Gasteiger charge is 2.19. The van der Waals surface area contributed by atoms with Gasteiger partial charge in [0.25, 0.3) is 5.89 Å². The Balaban J connectivity index is 1.73. The van der Waals surface area contributed by atoms with Crippen LogP contribution in [0.1, 0.15) is 34.3 Å². The van der Waals surface area contributed by atoms with Crippen LogP contribution in [-0.2, 0) is 6.42 Å². The van der Waals surface area contributed by atoms with E-state index in [0.29, 0.717) is 18.1 Å². The van der Waals surface area contributed by atoms with Crippen molar-refractivity contribution in [3.05, 3.63) is 46.3 Å². The van der Waals surface area contributed by atoms with Gasteiger partial charge in [0.15, 0.2) is 5.78 Å². The normalized spacial score (nSPS) is 14.1. The second-order valence-corrected chi connectivity index (χ2v) is 6.42. The molecule has 0 atom stereocenters. The number of benzene rings is 1. The molecule has 0 radical (unpaired) electrons. The molecule has 1 aromatic carbocycles. The lowest BCUT2D eigenvalue weighted by atomic mass is 9.89. The smallest absolute Gasteiger partial charge is 0.258 e. The molecule has 0 aliphatic heterocycles. The third-order valence-electron chi connectivity index (χ3n) is 3.99. The van der Waals surface area contributed by atoms with E-state index in [4.69, 9.17) is 4.52 Å². The van der Waals surface area contributed by atoms with E-state index in [1.165, 1.54) is 0 Å². The standard InChI is InChI=1S/C17H14N2O2S/c1-10-7-8-22-15(10)16-18-17(21-19-16)12-5-6-13-11(9-12)3-2-4-14(13)20/h5-9H,2-4H2,1H3. The molecule has 0 saturated heterocycles. The van der Waals surface area contributed by atoms with Gasteiger partial charge in [0.1, 0.15) is 0 Å². The Bertz CT molecular complexity index is 863. The van der Waals surface area contributed by atoms with Crippen molar-refractivity contribution in [3.63, 3.8) is 0 Å². The number of fused-ring (bicyclic) bond motifs is 1. The van der Waals surface area contributed by atoms with Crippen molar-refractivity contribution in [3.8, 4) is 22.2 Å². The van der Waals surface area contributed by atoms with Crippen LogP contribution >= 0.6 is 11.3 Å². The lowest BCUT2D eigenvalue weighted by Crippen LogP contribution is -2.10. The van der Waals surface area contributed by atoms with E-state index in [9.17, 15) is 4.79 Å². The van der Waals surface area contributed by atoms with Crippen LogP contribution in [0.15, 0.2) is 34.2 Å². The number of nitrogens with zero attached hydrogens (tertiary/aromatic N) is 2. The maximum atomic E-state index is 11.9. The average molecular weight is 310 g/mol. The van der Waals surface area contributed by atoms with Gasteiger partial charge < -0.3 is 4.52 Å². The second kappa shape index (κ2) is 5.18. The number of aryl methyl sites for hydroxylation is 2. The molecule has 0 spiro atoms. The summed E-state index contributed by atoms with van der Waals surface area (Å²) in [6, 6.07) is 7.82. The minimum Gasteiger partial charge on any atom is -0.334 e. The number of rotatable bonds is 2. The van der Waals surface area contributed by atoms with Gasteiger partial charge in [-0.1, -0.05) is 11.2 Å². The number of aromatic nitrogens is 2. The van der Waals surface area contributed by atoms with Crippen molar-refractivity contribution in [2.75, 3.05) is 0 Å². The molecule has 2 heterocycles. The van der Waals surface area contributed by atoms with E-state index in [-0.39, 0.29) is 5.78 Å². The topological polar surface area (TPSA) is 56.0 Å². The van der Waals surface area contributed by atoms with Gasteiger partial charge in [-0.25, -0.2) is 0 Å². The predicted octanol–water partition coefficient (Wildman–Crippen LogP) is 4.29. The molecule has 4 rings (SSSR count). The van der Waals surface area contributed by atoms with Crippen molar-refractivity contribution >= 4 is 17.1 Å². The molecule has 0 amide bonds. The molecule has 4 nitrogen and oxygen atoms in total. The quantitative estimate of drug-likeness (QED) is 0.708. The van der Waals surface area contributed by atoms with Gasteiger partial charge in [-0.2, -0.15) is 4.98 Å². The van der Waals surface area contributed by atoms with Crippen molar-refractivity contribution in [1.82, 2.24) is 10.1 Å². The summed E-state index contributed by atoms with van der Waals surface area (Å²) in [4.78, 5) is 17.4. The molecule has 0 bridgehead atoms. The highest BCUT2D eigenvalue weighted by atomic mass is 32.1. The summed E-state index contributed by atoms with van der Waals surface area (Å²) < 4.78 is 5.41. The summed E-state index contributed by atoms with van der Waals surface area (Å²) in [5.74, 6) is 1.35. The van der Waals surface area contributed by atoms with E-state index in [1.807, 2.05) is 36.6 Å². The molecule has 0 N–H and O–H groups in total. The highest BCUT2D eigenvalue weighted by molar-refractivity contribution is 7.13. The second-order valence-electron chi connectivity index (χ2n) is 5.50. The lowest BCUT2D eigenvalue weighted by molar-refractivity contribution is 0.0972. The van der Waals surface area contributed by atoms with Gasteiger partial charge in [-0.15, -0.1) is 11.3 Å². The summed E-state index contributed by atoms with van der Waals surface area (Å²) in [5.41, 5.74) is 3.94. The van der Waals surface area contributed by atoms with Crippen molar-refractivity contribution in [2.24, 2.45) is 0 Å². The molecular formula is C17H14N2O2S. The molecule has 2 aromatic heterocycles. The summed E-state index contributed by atoms with van der Waals surface area (Å²) in [7, 11) is 0. The molecular weight excluding hydrogens is 296 g/mol. The first-order valence-corrected chi connectivity index (χ1v) is 8.15. The zero-order valence-electron chi connectivity index (χ0n) is 12.1. The van der Waals surface area contributed by atoms with Crippen LogP contribution in [0.5, 0.6) is 0 Å². The molecule has 1 aliphatic carbocycles. The van der Waals surface area contributed by atoms with Gasteiger partial charge in [0.05, 0.1) is 4.88 Å². The summed E-state index contributed by atoms with van der Waals surface area (Å²) >= 11 is 1.60. The average Bonchev–Trinajstić information content (AvgIpc) is 3.15. The van der Waals surface area contributed by atoms with Crippen molar-refractivity contribution < 1.29 is 9.32 Å². The molecule has 3 aromatic rings. The number of carbonyl (C=O) groups is 1. The minimum absolute atomic E-state index is 0.230. The number of carbonyl (C=O) groups excluding carboxylic acids is 1. The largest absolute Gasteiger partial charge is 0.334 e. The van der Waals surface area contributed by atoms with Gasteiger partial charge in [-0.3, -0.25) is 4.79 Å². The Morgan fingerprint density at radius 2 is 2.14 bits per heavy atom. The minimum atomic E-state index is 0.230. The monoisotopic (exact) mass is 310 g/mol. The van der Waals surface area contributed by atoms with E-state index in [2.05, 4.69) is 10.1 Å². The van der Waals surface area contributed by atoms with E-state index >= 15 is 0 Å². The van der Waals surface area contributed by atoms with Gasteiger partial charge in [-0.05, 0) is 54.5 Å². The summed E-state index contributed by atoms with van der Waals surface area (Å²) in [6.45, 7) is 2.03. The Morgan fingerprint density at radius 1 is 1.23 bits per heavy atom. The van der Waals surface area contributed by atoms with Crippen LogP contribution in [0.2, 0.25) is 0 Å². The lowest BCUT2D eigenvalue weighted by Gasteiger charge is -2.14. The van der Waals surface area contributed by atoms with Gasteiger partial charge >= 0.3 is 0 Å². The molecule has 0 saturated carbocycles. The third kappa shape index (κ3) is 2.18. The van der Waals surface area contributed by atoms with Crippen LogP contribution in [-0.4, -0.2) is 15.9 Å². The molecule has 1 aliphatic rings. The number of ketones is 1. The number of hydrogen-bond donors (Lipinski definition) is 0. The molecule has 110 valence electrons. The molecule has 0 unspecified atom stereocenters. The highest BCUT2D eigenvalue weighted by Crippen LogP contribution is 2.30. The van der Waals surface area contributed by atoms with Gasteiger partial charge in [0.2, 0.25) is 5.82 Å². The van der Waals surface area contributed by atoms with E-state index < -0.39 is 0 Å². The Labute approximate surface area is 131 Å². The Morgan fingerprint density at radius 3 is 2.95 bits per heavy atom. The number of thiophene rings is 1. The fourth-order valence-electron chi connectivity index (χ4n) is 2.81. The van der Waals surface area contributed by atoms with Crippen molar-refractivity contribution in [1.29, 1.82) is 0 Å². The van der Waals surface area contributed by atoms with E-state index in [1.54, 1.807) is 11.3 Å².